The predicted molar refractivity (Wildman–Crippen MR) is 102 cm³/mol. The zero-order valence-electron chi connectivity index (χ0n) is 14.7. The van der Waals surface area contributed by atoms with Gasteiger partial charge >= 0.3 is 0 Å². The first-order chi connectivity index (χ1) is 12.0. The number of thiophene rings is 1. The van der Waals surface area contributed by atoms with Gasteiger partial charge in [0.05, 0.1) is 10.9 Å². The number of likely N-dealkylation sites (N-methyl/N-ethyl adjacent to an activating group) is 1. The van der Waals surface area contributed by atoms with E-state index in [9.17, 15) is 8.42 Å². The van der Waals surface area contributed by atoms with Gasteiger partial charge in [-0.2, -0.15) is 0 Å². The second kappa shape index (κ2) is 7.97. The van der Waals surface area contributed by atoms with Crippen molar-refractivity contribution >= 4 is 21.4 Å². The lowest BCUT2D eigenvalue weighted by Gasteiger charge is -2.37. The van der Waals surface area contributed by atoms with Gasteiger partial charge < -0.3 is 4.90 Å². The van der Waals surface area contributed by atoms with E-state index in [0.29, 0.717) is 11.4 Å². The monoisotopic (exact) mass is 379 g/mol. The Morgan fingerprint density at radius 1 is 1.12 bits per heavy atom. The van der Waals surface area contributed by atoms with Gasteiger partial charge in [-0.3, -0.25) is 4.90 Å². The topological polar surface area (TPSA) is 52.7 Å². The maximum Gasteiger partial charge on any atom is 0.240 e. The average molecular weight is 380 g/mol. The van der Waals surface area contributed by atoms with Gasteiger partial charge in [0.2, 0.25) is 10.0 Å². The predicted octanol–water partition coefficient (Wildman–Crippen LogP) is 2.32. The summed E-state index contributed by atoms with van der Waals surface area (Å²) in [7, 11) is -1.37. The van der Waals surface area contributed by atoms with Crippen LogP contribution in [0.25, 0.3) is 0 Å². The molecule has 1 unspecified atom stereocenters. The number of benzene rings is 1. The lowest BCUT2D eigenvalue weighted by atomic mass is 10.2. The Morgan fingerprint density at radius 3 is 2.40 bits per heavy atom. The molecule has 1 aromatic carbocycles. The van der Waals surface area contributed by atoms with Crippen LogP contribution in [0.1, 0.15) is 16.5 Å². The maximum absolute atomic E-state index is 12.6. The molecule has 1 aliphatic rings. The summed E-state index contributed by atoms with van der Waals surface area (Å²) in [5.41, 5.74) is 1.05. The Balaban J connectivity index is 1.73. The van der Waals surface area contributed by atoms with Crippen LogP contribution in [-0.4, -0.2) is 58.0 Å². The number of piperazine rings is 1. The van der Waals surface area contributed by atoms with Crippen LogP contribution in [0.4, 0.5) is 0 Å². The highest BCUT2D eigenvalue weighted by Crippen LogP contribution is 2.26. The fraction of sp³-hybridized carbons (Fsp3) is 0.444. The zero-order valence-corrected chi connectivity index (χ0v) is 16.3. The molecule has 7 heteroatoms. The summed E-state index contributed by atoms with van der Waals surface area (Å²) >= 11 is 1.68. The Hall–Kier alpha value is -1.25. The van der Waals surface area contributed by atoms with Crippen molar-refractivity contribution in [3.8, 4) is 0 Å². The molecule has 1 atom stereocenters. The van der Waals surface area contributed by atoms with Crippen molar-refractivity contribution in [3.63, 3.8) is 0 Å². The molecule has 1 fully saturated rings. The molecular weight excluding hydrogens is 354 g/mol. The summed E-state index contributed by atoms with van der Waals surface area (Å²) < 4.78 is 28.1. The molecular formula is C18H25N3O2S2. The molecule has 25 heavy (non-hydrogen) atoms. The highest BCUT2D eigenvalue weighted by molar-refractivity contribution is 7.89. The van der Waals surface area contributed by atoms with E-state index in [1.165, 1.54) is 4.88 Å². The van der Waals surface area contributed by atoms with E-state index < -0.39 is 10.0 Å². The lowest BCUT2D eigenvalue weighted by molar-refractivity contribution is 0.114. The molecule has 136 valence electrons. The Morgan fingerprint density at radius 2 is 1.80 bits per heavy atom. The number of nitrogens with zero attached hydrogens (tertiary/aromatic N) is 2. The third kappa shape index (κ3) is 4.68. The van der Waals surface area contributed by atoms with Crippen molar-refractivity contribution in [1.82, 2.24) is 14.5 Å². The molecule has 0 aliphatic carbocycles. The Bertz CT molecular complexity index is 765. The van der Waals surface area contributed by atoms with Gasteiger partial charge in [0.15, 0.2) is 0 Å². The molecule has 2 heterocycles. The Kier molecular flexibility index (Phi) is 5.91. The van der Waals surface area contributed by atoms with Crippen molar-refractivity contribution in [1.29, 1.82) is 0 Å². The van der Waals surface area contributed by atoms with Gasteiger partial charge in [-0.15, -0.1) is 11.3 Å². The molecule has 1 aliphatic heterocycles. The van der Waals surface area contributed by atoms with Crippen LogP contribution in [0.2, 0.25) is 0 Å². The summed E-state index contributed by atoms with van der Waals surface area (Å²) in [6.45, 7) is 6.25. The van der Waals surface area contributed by atoms with E-state index in [1.54, 1.807) is 23.5 Å². The summed E-state index contributed by atoms with van der Waals surface area (Å²) in [6, 6.07) is 11.2. The standard InChI is InChI=1S/C18H25N3O2S2/c1-15-5-7-16(8-6-15)25(22,23)19-14-17(18-4-3-13-24-18)21-11-9-20(2)10-12-21/h3-8,13,17,19H,9-12,14H2,1-2H3. The van der Waals surface area contributed by atoms with Gasteiger partial charge in [-0.05, 0) is 37.6 Å². The van der Waals surface area contributed by atoms with Gasteiger partial charge in [0.1, 0.15) is 0 Å². The van der Waals surface area contributed by atoms with Gasteiger partial charge in [0.25, 0.3) is 0 Å². The summed E-state index contributed by atoms with van der Waals surface area (Å²) in [5, 5.41) is 2.05. The molecule has 1 N–H and O–H groups in total. The van der Waals surface area contributed by atoms with Crippen molar-refractivity contribution < 1.29 is 8.42 Å². The largest absolute Gasteiger partial charge is 0.304 e. The molecule has 1 saturated heterocycles. The molecule has 0 spiro atoms. The van der Waals surface area contributed by atoms with Crippen LogP contribution in [0.5, 0.6) is 0 Å². The number of aryl methyl sites for hydroxylation is 1. The highest BCUT2D eigenvalue weighted by atomic mass is 32.2. The first-order valence-corrected chi connectivity index (χ1v) is 10.8. The molecule has 0 amide bonds. The zero-order chi connectivity index (χ0) is 17.9. The van der Waals surface area contributed by atoms with E-state index >= 15 is 0 Å². The SMILES string of the molecule is Cc1ccc(S(=O)(=O)NCC(c2cccs2)N2CCN(C)CC2)cc1. The quantitative estimate of drug-likeness (QED) is 0.837. The lowest BCUT2D eigenvalue weighted by Crippen LogP contribution is -2.48. The van der Waals surface area contributed by atoms with Crippen LogP contribution in [0.15, 0.2) is 46.7 Å². The minimum atomic E-state index is -3.50. The molecule has 1 aromatic heterocycles. The fourth-order valence-electron chi connectivity index (χ4n) is 3.01. The maximum atomic E-state index is 12.6. The number of hydrogen-bond donors (Lipinski definition) is 1. The molecule has 2 aromatic rings. The molecule has 5 nitrogen and oxygen atoms in total. The molecule has 0 saturated carbocycles. The first-order valence-electron chi connectivity index (χ1n) is 8.48. The van der Waals surface area contributed by atoms with Crippen LogP contribution in [-0.2, 0) is 10.0 Å². The van der Waals surface area contributed by atoms with Gasteiger partial charge in [-0.25, -0.2) is 13.1 Å². The summed E-state index contributed by atoms with van der Waals surface area (Å²) in [6.07, 6.45) is 0. The van der Waals surface area contributed by atoms with Gasteiger partial charge in [0, 0.05) is 37.6 Å². The second-order valence-corrected chi connectivity index (χ2v) is 9.28. The smallest absolute Gasteiger partial charge is 0.240 e. The van der Waals surface area contributed by atoms with E-state index in [0.717, 1.165) is 31.7 Å². The number of sulfonamides is 1. The Labute approximate surface area is 154 Å². The number of nitrogens with one attached hydrogen (secondary N) is 1. The first kappa shape index (κ1) is 18.5. The minimum Gasteiger partial charge on any atom is -0.304 e. The van der Waals surface area contributed by atoms with Crippen LogP contribution < -0.4 is 4.72 Å². The average Bonchev–Trinajstić information content (AvgIpc) is 3.11. The highest BCUT2D eigenvalue weighted by Gasteiger charge is 2.26. The third-order valence-corrected chi connectivity index (χ3v) is 7.06. The van der Waals surface area contributed by atoms with Crippen molar-refractivity contribution in [2.45, 2.75) is 17.9 Å². The number of rotatable bonds is 6. The molecule has 0 bridgehead atoms. The van der Waals surface area contributed by atoms with Crippen LogP contribution in [0, 0.1) is 6.92 Å². The number of hydrogen-bond acceptors (Lipinski definition) is 5. The van der Waals surface area contributed by atoms with Crippen molar-refractivity contribution in [2.75, 3.05) is 39.8 Å². The normalized spacial score (nSPS) is 18.3. The fourth-order valence-corrected chi connectivity index (χ4v) is 4.91. The van der Waals surface area contributed by atoms with E-state index in [2.05, 4.69) is 27.6 Å². The van der Waals surface area contributed by atoms with Crippen LogP contribution >= 0.6 is 11.3 Å². The van der Waals surface area contributed by atoms with Crippen molar-refractivity contribution in [3.05, 3.63) is 52.2 Å². The second-order valence-electron chi connectivity index (χ2n) is 6.54. The van der Waals surface area contributed by atoms with E-state index in [4.69, 9.17) is 0 Å². The van der Waals surface area contributed by atoms with E-state index in [-0.39, 0.29) is 6.04 Å². The van der Waals surface area contributed by atoms with Gasteiger partial charge in [-0.1, -0.05) is 23.8 Å². The van der Waals surface area contributed by atoms with Crippen LogP contribution in [0.3, 0.4) is 0 Å². The summed E-state index contributed by atoms with van der Waals surface area (Å²) in [4.78, 5) is 6.21. The minimum absolute atomic E-state index is 0.0777. The van der Waals surface area contributed by atoms with Crippen molar-refractivity contribution in [2.24, 2.45) is 0 Å². The molecule has 3 rings (SSSR count). The van der Waals surface area contributed by atoms with E-state index in [1.807, 2.05) is 30.5 Å². The molecule has 0 radical (unpaired) electrons. The summed E-state index contributed by atoms with van der Waals surface area (Å²) in [5.74, 6) is 0. The third-order valence-electron chi connectivity index (χ3n) is 4.65.